The Morgan fingerprint density at radius 3 is 2.43 bits per heavy atom. The fraction of sp³-hybridized carbons (Fsp3) is 0.333. The molecular weight excluding hydrogens is 294 g/mol. The molecule has 1 aromatic carbocycles. The van der Waals surface area contributed by atoms with Crippen LogP contribution in [0.15, 0.2) is 40.6 Å². The number of methoxy groups -OCH3 is 1. The maximum Gasteiger partial charge on any atom is 0.343 e. The van der Waals surface area contributed by atoms with Gasteiger partial charge in [0.1, 0.15) is 17.1 Å². The molecule has 0 spiro atoms. The molecule has 0 aromatic heterocycles. The fourth-order valence-corrected chi connectivity index (χ4v) is 1.78. The maximum atomic E-state index is 11.9. The first-order valence-electron chi connectivity index (χ1n) is 6.38. The van der Waals surface area contributed by atoms with E-state index in [0.29, 0.717) is 17.1 Å². The van der Waals surface area contributed by atoms with E-state index in [0.717, 1.165) is 0 Å². The second-order valence-corrected chi connectivity index (χ2v) is 4.34. The first-order valence-corrected chi connectivity index (χ1v) is 6.91. The van der Waals surface area contributed by atoms with Crippen molar-refractivity contribution in [2.24, 2.45) is 4.99 Å². The van der Waals surface area contributed by atoms with E-state index in [4.69, 9.17) is 21.1 Å². The van der Waals surface area contributed by atoms with Crippen LogP contribution >= 0.6 is 11.6 Å². The van der Waals surface area contributed by atoms with Crippen LogP contribution in [0.3, 0.4) is 0 Å². The number of ether oxygens (including phenoxy) is 2. The number of carbonyl (C=O) groups is 1. The number of benzene rings is 1. The van der Waals surface area contributed by atoms with Gasteiger partial charge in [-0.25, -0.2) is 4.79 Å². The van der Waals surface area contributed by atoms with Gasteiger partial charge in [0.15, 0.2) is 0 Å². The number of hydrogen-bond donors (Lipinski definition) is 1. The van der Waals surface area contributed by atoms with Gasteiger partial charge in [-0.2, -0.15) is 0 Å². The van der Waals surface area contributed by atoms with E-state index in [-0.39, 0.29) is 23.8 Å². The third-order valence-electron chi connectivity index (χ3n) is 2.63. The van der Waals surface area contributed by atoms with E-state index in [9.17, 15) is 9.90 Å². The molecule has 0 unspecified atom stereocenters. The summed E-state index contributed by atoms with van der Waals surface area (Å²) in [5, 5.41) is 9.79. The molecule has 6 heteroatoms. The van der Waals surface area contributed by atoms with Gasteiger partial charge in [0, 0.05) is 0 Å². The van der Waals surface area contributed by atoms with Gasteiger partial charge in [0.05, 0.1) is 31.0 Å². The molecule has 1 rings (SSSR count). The molecule has 0 saturated carbocycles. The van der Waals surface area contributed by atoms with Gasteiger partial charge in [0.2, 0.25) is 0 Å². The number of aliphatic hydroxyl groups excluding tert-OH is 1. The minimum absolute atomic E-state index is 0.0114. The van der Waals surface area contributed by atoms with Crippen molar-refractivity contribution in [1.29, 1.82) is 0 Å². The van der Waals surface area contributed by atoms with E-state index in [1.54, 1.807) is 45.2 Å². The minimum atomic E-state index is -0.648. The van der Waals surface area contributed by atoms with Gasteiger partial charge in [-0.1, -0.05) is 0 Å². The lowest BCUT2D eigenvalue weighted by Gasteiger charge is -2.09. The van der Waals surface area contributed by atoms with Gasteiger partial charge in [0.25, 0.3) is 0 Å². The van der Waals surface area contributed by atoms with Gasteiger partial charge in [-0.15, -0.1) is 11.6 Å². The number of nitrogens with zero attached hydrogens (tertiary/aromatic N) is 1. The molecule has 114 valence electrons. The summed E-state index contributed by atoms with van der Waals surface area (Å²) in [6.07, 6.45) is 0. The molecule has 0 bridgehead atoms. The van der Waals surface area contributed by atoms with Gasteiger partial charge < -0.3 is 14.6 Å². The summed E-state index contributed by atoms with van der Waals surface area (Å²) in [6.45, 7) is 3.50. The number of alkyl halides is 1. The van der Waals surface area contributed by atoms with Gasteiger partial charge in [-0.3, -0.25) is 4.99 Å². The number of carbonyl (C=O) groups excluding carboxylic acids is 1. The average Bonchev–Trinajstić information content (AvgIpc) is 2.48. The number of aliphatic imine (C=N–C) groups is 1. The molecule has 0 aliphatic heterocycles. The van der Waals surface area contributed by atoms with Gasteiger partial charge in [-0.05, 0) is 38.1 Å². The van der Waals surface area contributed by atoms with E-state index in [1.807, 2.05) is 0 Å². The van der Waals surface area contributed by atoms with Crippen LogP contribution in [0.2, 0.25) is 0 Å². The van der Waals surface area contributed by atoms with Crippen molar-refractivity contribution in [2.75, 3.05) is 19.6 Å². The molecule has 0 fully saturated rings. The zero-order chi connectivity index (χ0) is 15.8. The van der Waals surface area contributed by atoms with Crippen molar-refractivity contribution in [2.45, 2.75) is 13.8 Å². The highest BCUT2D eigenvalue weighted by atomic mass is 35.5. The SMILES string of the molecule is CCOC(=O)C(C(C)=Nc1ccc(OC)cc1)=C(O)CCl. The molecular formula is C15H18ClNO4. The zero-order valence-corrected chi connectivity index (χ0v) is 13.0. The van der Waals surface area contributed by atoms with Crippen molar-refractivity contribution in [3.8, 4) is 5.75 Å². The van der Waals surface area contributed by atoms with Crippen LogP contribution in [-0.4, -0.2) is 36.4 Å². The Morgan fingerprint density at radius 2 is 1.95 bits per heavy atom. The topological polar surface area (TPSA) is 68.1 Å². The summed E-state index contributed by atoms with van der Waals surface area (Å²) in [5.74, 6) is -0.393. The summed E-state index contributed by atoms with van der Waals surface area (Å²) >= 11 is 5.59. The van der Waals surface area contributed by atoms with Crippen molar-refractivity contribution >= 4 is 29.0 Å². The molecule has 1 N–H and O–H groups in total. The summed E-state index contributed by atoms with van der Waals surface area (Å²) in [6, 6.07) is 6.98. The molecule has 1 aromatic rings. The predicted octanol–water partition coefficient (Wildman–Crippen LogP) is 3.40. The third-order valence-corrected chi connectivity index (χ3v) is 2.88. The van der Waals surface area contributed by atoms with E-state index < -0.39 is 5.97 Å². The Balaban J connectivity index is 3.12. The van der Waals surface area contributed by atoms with Crippen molar-refractivity contribution in [3.63, 3.8) is 0 Å². The number of esters is 1. The summed E-state index contributed by atoms with van der Waals surface area (Å²) in [5.41, 5.74) is 0.942. The maximum absolute atomic E-state index is 11.9. The Labute approximate surface area is 128 Å². The molecule has 0 radical (unpaired) electrons. The number of hydrogen-bond acceptors (Lipinski definition) is 5. The van der Waals surface area contributed by atoms with Crippen molar-refractivity contribution in [1.82, 2.24) is 0 Å². The fourth-order valence-electron chi connectivity index (χ4n) is 1.65. The number of halogens is 1. The van der Waals surface area contributed by atoms with Crippen LogP contribution in [0.5, 0.6) is 5.75 Å². The standard InChI is InChI=1S/C15H18ClNO4/c1-4-21-15(19)14(13(18)9-16)10(2)17-11-5-7-12(20-3)8-6-11/h5-8,18H,4,9H2,1-3H3. The molecule has 21 heavy (non-hydrogen) atoms. The Kier molecular flexibility index (Phi) is 6.75. The molecule has 5 nitrogen and oxygen atoms in total. The molecule has 0 aliphatic rings. The lowest BCUT2D eigenvalue weighted by atomic mass is 10.1. The smallest absolute Gasteiger partial charge is 0.343 e. The largest absolute Gasteiger partial charge is 0.510 e. The average molecular weight is 312 g/mol. The Bertz CT molecular complexity index is 549. The minimum Gasteiger partial charge on any atom is -0.510 e. The Hall–Kier alpha value is -2.01. The summed E-state index contributed by atoms with van der Waals surface area (Å²) in [7, 11) is 1.57. The van der Waals surface area contributed by atoms with E-state index in [2.05, 4.69) is 4.99 Å². The van der Waals surface area contributed by atoms with Gasteiger partial charge >= 0.3 is 5.97 Å². The lowest BCUT2D eigenvalue weighted by molar-refractivity contribution is -0.138. The summed E-state index contributed by atoms with van der Waals surface area (Å²) < 4.78 is 9.96. The third kappa shape index (κ3) is 4.79. The number of rotatable bonds is 6. The highest BCUT2D eigenvalue weighted by molar-refractivity contribution is 6.23. The van der Waals surface area contributed by atoms with Crippen molar-refractivity contribution < 1.29 is 19.4 Å². The zero-order valence-electron chi connectivity index (χ0n) is 12.2. The highest BCUT2D eigenvalue weighted by Gasteiger charge is 2.19. The van der Waals surface area contributed by atoms with Crippen molar-refractivity contribution in [3.05, 3.63) is 35.6 Å². The summed E-state index contributed by atoms with van der Waals surface area (Å²) in [4.78, 5) is 16.2. The van der Waals surface area contributed by atoms with Crippen LogP contribution in [0.1, 0.15) is 13.8 Å². The molecule has 0 heterocycles. The Morgan fingerprint density at radius 1 is 1.33 bits per heavy atom. The quantitative estimate of drug-likeness (QED) is 0.287. The predicted molar refractivity (Wildman–Crippen MR) is 82.8 cm³/mol. The van der Waals surface area contributed by atoms with Crippen LogP contribution in [0, 0.1) is 0 Å². The highest BCUT2D eigenvalue weighted by Crippen LogP contribution is 2.20. The van der Waals surface area contributed by atoms with Crippen LogP contribution in [0.4, 0.5) is 5.69 Å². The number of aliphatic hydroxyl groups is 1. The normalized spacial score (nSPS) is 12.7. The molecule has 0 atom stereocenters. The molecule has 0 amide bonds. The monoisotopic (exact) mass is 311 g/mol. The van der Waals surface area contributed by atoms with Crippen LogP contribution in [-0.2, 0) is 9.53 Å². The second-order valence-electron chi connectivity index (χ2n) is 4.07. The first kappa shape index (κ1) is 17.0. The lowest BCUT2D eigenvalue weighted by Crippen LogP contribution is -2.17. The van der Waals surface area contributed by atoms with Crippen LogP contribution in [0.25, 0.3) is 0 Å². The van der Waals surface area contributed by atoms with E-state index >= 15 is 0 Å². The number of allylic oxidation sites excluding steroid dienone is 1. The second kappa shape index (κ2) is 8.32. The molecule has 0 saturated heterocycles. The first-order chi connectivity index (χ1) is 10.0. The van der Waals surface area contributed by atoms with Crippen LogP contribution < -0.4 is 4.74 Å². The van der Waals surface area contributed by atoms with E-state index in [1.165, 1.54) is 0 Å². The molecule has 0 aliphatic carbocycles.